The number of carbonyl (C=O) groups is 2. The van der Waals surface area contributed by atoms with E-state index in [0.717, 1.165) is 25.3 Å². The van der Waals surface area contributed by atoms with E-state index >= 15 is 0 Å². The Bertz CT molecular complexity index is 811. The van der Waals surface area contributed by atoms with Gasteiger partial charge in [-0.15, -0.1) is 0 Å². The van der Waals surface area contributed by atoms with Gasteiger partial charge in [0.1, 0.15) is 11.2 Å². The van der Waals surface area contributed by atoms with Gasteiger partial charge in [-0.1, -0.05) is 19.3 Å². The molecule has 1 aromatic rings. The fourth-order valence-electron chi connectivity index (χ4n) is 3.44. The third-order valence-corrected chi connectivity index (χ3v) is 5.19. The van der Waals surface area contributed by atoms with E-state index in [1.165, 1.54) is 31.0 Å². The average molecular weight is 388 g/mol. The van der Waals surface area contributed by atoms with Crippen LogP contribution in [0.25, 0.3) is 0 Å². The Morgan fingerprint density at radius 1 is 1.36 bits per heavy atom. The third kappa shape index (κ3) is 4.22. The number of nitro groups is 1. The molecule has 0 unspecified atom stereocenters. The maximum absolute atomic E-state index is 12.7. The zero-order valence-corrected chi connectivity index (χ0v) is 16.2. The fraction of sp³-hybridized carbons (Fsp3) is 0.526. The minimum Gasteiger partial charge on any atom is -0.449 e. The SMILES string of the molecule is CNc1ccc(C(=O)O[C@H](C)C(=O)N(C)C2(C#N)CCCCC2)cc1[N+](=O)[O-]. The molecular weight excluding hydrogens is 364 g/mol. The van der Waals surface area contributed by atoms with Crippen molar-refractivity contribution in [2.45, 2.75) is 50.7 Å². The number of anilines is 1. The van der Waals surface area contributed by atoms with Gasteiger partial charge in [-0.05, 0) is 31.9 Å². The first kappa shape index (κ1) is 21.2. The molecule has 0 aliphatic heterocycles. The van der Waals surface area contributed by atoms with E-state index in [0.29, 0.717) is 12.8 Å². The summed E-state index contributed by atoms with van der Waals surface area (Å²) in [5, 5.41) is 23.4. The highest BCUT2D eigenvalue weighted by Gasteiger charge is 2.40. The molecular formula is C19H24N4O5. The van der Waals surface area contributed by atoms with Crippen LogP contribution in [0.15, 0.2) is 18.2 Å². The van der Waals surface area contributed by atoms with Crippen molar-refractivity contribution in [2.75, 3.05) is 19.4 Å². The molecule has 28 heavy (non-hydrogen) atoms. The lowest BCUT2D eigenvalue weighted by Gasteiger charge is -2.39. The summed E-state index contributed by atoms with van der Waals surface area (Å²) >= 11 is 0. The van der Waals surface area contributed by atoms with Crippen LogP contribution in [0.2, 0.25) is 0 Å². The number of benzene rings is 1. The molecule has 1 fully saturated rings. The van der Waals surface area contributed by atoms with Crippen LogP contribution in [0.1, 0.15) is 49.4 Å². The maximum atomic E-state index is 12.7. The highest BCUT2D eigenvalue weighted by molar-refractivity contribution is 5.93. The monoisotopic (exact) mass is 388 g/mol. The molecule has 1 N–H and O–H groups in total. The Kier molecular flexibility index (Phi) is 6.57. The molecule has 1 saturated carbocycles. The molecule has 1 aromatic carbocycles. The Hall–Kier alpha value is -3.15. The number of esters is 1. The summed E-state index contributed by atoms with van der Waals surface area (Å²) in [6.45, 7) is 1.43. The lowest BCUT2D eigenvalue weighted by molar-refractivity contribution is -0.384. The quantitative estimate of drug-likeness (QED) is 0.451. The number of amides is 1. The van der Waals surface area contributed by atoms with Crippen LogP contribution in [0, 0.1) is 21.4 Å². The van der Waals surface area contributed by atoms with Gasteiger partial charge in [0.2, 0.25) is 0 Å². The van der Waals surface area contributed by atoms with Crippen LogP contribution in [-0.2, 0) is 9.53 Å². The predicted octanol–water partition coefficient (Wildman–Crippen LogP) is 2.87. The number of ether oxygens (including phenoxy) is 1. The smallest absolute Gasteiger partial charge is 0.339 e. The van der Waals surface area contributed by atoms with E-state index in [1.54, 1.807) is 7.05 Å². The van der Waals surface area contributed by atoms with Crippen molar-refractivity contribution in [3.05, 3.63) is 33.9 Å². The van der Waals surface area contributed by atoms with Gasteiger partial charge in [-0.3, -0.25) is 14.9 Å². The summed E-state index contributed by atoms with van der Waals surface area (Å²) in [4.78, 5) is 37.0. The van der Waals surface area contributed by atoms with Crippen LogP contribution >= 0.6 is 0 Å². The van der Waals surface area contributed by atoms with Gasteiger partial charge < -0.3 is 15.0 Å². The zero-order valence-electron chi connectivity index (χ0n) is 16.2. The van der Waals surface area contributed by atoms with Crippen LogP contribution < -0.4 is 5.32 Å². The Morgan fingerprint density at radius 3 is 2.54 bits per heavy atom. The van der Waals surface area contributed by atoms with E-state index in [2.05, 4.69) is 11.4 Å². The molecule has 9 heteroatoms. The number of carbonyl (C=O) groups excluding carboxylic acids is 2. The summed E-state index contributed by atoms with van der Waals surface area (Å²) in [5.74, 6) is -1.31. The third-order valence-electron chi connectivity index (χ3n) is 5.19. The fourth-order valence-corrected chi connectivity index (χ4v) is 3.44. The first-order chi connectivity index (χ1) is 13.3. The normalized spacial score (nSPS) is 16.4. The molecule has 1 aliphatic rings. The van der Waals surface area contributed by atoms with Crippen molar-refractivity contribution in [1.29, 1.82) is 5.26 Å². The highest BCUT2D eigenvalue weighted by atomic mass is 16.6. The van der Waals surface area contributed by atoms with Crippen LogP contribution in [0.3, 0.4) is 0 Å². The molecule has 1 amide bonds. The number of nitro benzene ring substituents is 1. The van der Waals surface area contributed by atoms with Crippen molar-refractivity contribution < 1.29 is 19.2 Å². The lowest BCUT2D eigenvalue weighted by Crippen LogP contribution is -2.53. The Morgan fingerprint density at radius 2 is 2.00 bits per heavy atom. The van der Waals surface area contributed by atoms with Gasteiger partial charge >= 0.3 is 5.97 Å². The molecule has 0 aromatic heterocycles. The summed E-state index contributed by atoms with van der Waals surface area (Å²) in [7, 11) is 3.08. The van der Waals surface area contributed by atoms with Crippen LogP contribution in [0.4, 0.5) is 11.4 Å². The number of likely N-dealkylation sites (N-methyl/N-ethyl adjacent to an activating group) is 1. The van der Waals surface area contributed by atoms with Gasteiger partial charge in [0.15, 0.2) is 6.10 Å². The molecule has 150 valence electrons. The molecule has 0 saturated heterocycles. The number of hydrogen-bond donors (Lipinski definition) is 1. The Balaban J connectivity index is 2.13. The minimum absolute atomic E-state index is 0.0272. The minimum atomic E-state index is -1.12. The van der Waals surface area contributed by atoms with Crippen molar-refractivity contribution in [2.24, 2.45) is 0 Å². The van der Waals surface area contributed by atoms with E-state index in [1.807, 2.05) is 0 Å². The molecule has 0 bridgehead atoms. The van der Waals surface area contributed by atoms with Crippen LogP contribution in [-0.4, -0.2) is 47.4 Å². The lowest BCUT2D eigenvalue weighted by atomic mass is 9.81. The average Bonchev–Trinajstić information content (AvgIpc) is 2.72. The van der Waals surface area contributed by atoms with Crippen molar-refractivity contribution >= 4 is 23.3 Å². The Labute approximate surface area is 163 Å². The number of nitrogens with zero attached hydrogens (tertiary/aromatic N) is 3. The first-order valence-corrected chi connectivity index (χ1v) is 9.12. The molecule has 1 atom stereocenters. The van der Waals surface area contributed by atoms with Gasteiger partial charge in [0, 0.05) is 20.2 Å². The molecule has 0 heterocycles. The van der Waals surface area contributed by atoms with Crippen molar-refractivity contribution in [3.8, 4) is 6.07 Å². The molecule has 0 radical (unpaired) electrons. The number of nitrogens with one attached hydrogen (secondary N) is 1. The summed E-state index contributed by atoms with van der Waals surface area (Å²) in [6, 6.07) is 6.15. The summed E-state index contributed by atoms with van der Waals surface area (Å²) < 4.78 is 5.23. The maximum Gasteiger partial charge on any atom is 0.339 e. The van der Waals surface area contributed by atoms with E-state index < -0.39 is 28.4 Å². The van der Waals surface area contributed by atoms with E-state index in [9.17, 15) is 25.0 Å². The highest BCUT2D eigenvalue weighted by Crippen LogP contribution is 2.33. The molecule has 0 spiro atoms. The first-order valence-electron chi connectivity index (χ1n) is 9.12. The number of nitriles is 1. The molecule has 9 nitrogen and oxygen atoms in total. The van der Waals surface area contributed by atoms with Gasteiger partial charge in [-0.25, -0.2) is 4.79 Å². The van der Waals surface area contributed by atoms with Crippen molar-refractivity contribution in [3.63, 3.8) is 0 Å². The second-order valence-corrected chi connectivity index (χ2v) is 6.89. The molecule has 2 rings (SSSR count). The van der Waals surface area contributed by atoms with Crippen molar-refractivity contribution in [1.82, 2.24) is 4.90 Å². The largest absolute Gasteiger partial charge is 0.449 e. The van der Waals surface area contributed by atoms with Crippen LogP contribution in [0.5, 0.6) is 0 Å². The standard InChI is InChI=1S/C19H24N4O5/c1-13(17(24)22(3)19(12-20)9-5-4-6-10-19)28-18(25)14-7-8-15(21-2)16(11-14)23(26)27/h7-8,11,13,21H,4-6,9-10H2,1-3H3/t13-/m1/s1. The summed E-state index contributed by atoms with van der Waals surface area (Å²) in [6.07, 6.45) is 2.81. The van der Waals surface area contributed by atoms with Gasteiger partial charge in [-0.2, -0.15) is 5.26 Å². The number of rotatable bonds is 6. The summed E-state index contributed by atoms with van der Waals surface area (Å²) in [5.41, 5.74) is -0.915. The second-order valence-electron chi connectivity index (χ2n) is 6.89. The number of hydrogen-bond acceptors (Lipinski definition) is 7. The van der Waals surface area contributed by atoms with E-state index in [-0.39, 0.29) is 16.9 Å². The second kappa shape index (κ2) is 8.69. The van der Waals surface area contributed by atoms with Gasteiger partial charge in [0.05, 0.1) is 16.6 Å². The van der Waals surface area contributed by atoms with E-state index in [4.69, 9.17) is 4.74 Å². The molecule has 1 aliphatic carbocycles. The topological polar surface area (TPSA) is 126 Å². The zero-order chi connectivity index (χ0) is 20.9. The van der Waals surface area contributed by atoms with Gasteiger partial charge in [0.25, 0.3) is 11.6 Å². The predicted molar refractivity (Wildman–Crippen MR) is 102 cm³/mol.